The molecule has 13 heavy (non-hydrogen) atoms. The fourth-order valence-corrected chi connectivity index (χ4v) is 0.566. The zero-order valence-corrected chi connectivity index (χ0v) is 7.92. The number of esters is 2. The topological polar surface area (TPSA) is 52.6 Å². The first-order valence-electron chi connectivity index (χ1n) is 3.63. The molecule has 0 heterocycles. The molecule has 0 N–H and O–H groups in total. The molecule has 0 amide bonds. The first-order valence-corrected chi connectivity index (χ1v) is 3.63. The Morgan fingerprint density at radius 1 is 1.31 bits per heavy atom. The maximum atomic E-state index is 10.9. The summed E-state index contributed by atoms with van der Waals surface area (Å²) in [6.45, 7) is 6.24. The third-order valence-electron chi connectivity index (χ3n) is 1.44. The minimum atomic E-state index is -0.597. The predicted molar refractivity (Wildman–Crippen MR) is 46.7 cm³/mol. The van der Waals surface area contributed by atoms with Crippen LogP contribution < -0.4 is 0 Å². The molecule has 0 fully saturated rings. The standard InChI is InChI=1S/C9H12O4/c1-5-8(10)13-7(3)6(2)9(11)12-4/h5H,1H2,2-4H3/b7-6-. The first-order chi connectivity index (χ1) is 6.02. The molecule has 0 unspecified atom stereocenters. The Bertz CT molecular complexity index is 263. The lowest BCUT2D eigenvalue weighted by molar-refractivity contribution is -0.137. The molecule has 0 rings (SSSR count). The first kappa shape index (κ1) is 11.4. The van der Waals surface area contributed by atoms with Gasteiger partial charge in [-0.2, -0.15) is 0 Å². The Balaban J connectivity index is 4.52. The van der Waals surface area contributed by atoms with Crippen LogP contribution in [0.2, 0.25) is 0 Å². The molecule has 0 spiro atoms. The minimum Gasteiger partial charge on any atom is -0.466 e. The SMILES string of the molecule is C=CC(=O)O/C(C)=C(/C)C(=O)OC. The van der Waals surface area contributed by atoms with Gasteiger partial charge in [-0.3, -0.25) is 0 Å². The fraction of sp³-hybridized carbons (Fsp3) is 0.333. The Kier molecular flexibility index (Phi) is 4.51. The second-order valence-corrected chi connectivity index (χ2v) is 2.30. The van der Waals surface area contributed by atoms with E-state index < -0.39 is 11.9 Å². The molecule has 0 radical (unpaired) electrons. The normalized spacial score (nSPS) is 11.3. The van der Waals surface area contributed by atoms with Crippen molar-refractivity contribution in [1.82, 2.24) is 0 Å². The molecular formula is C9H12O4. The van der Waals surface area contributed by atoms with Crippen LogP contribution in [0.3, 0.4) is 0 Å². The average molecular weight is 184 g/mol. The van der Waals surface area contributed by atoms with E-state index in [4.69, 9.17) is 4.74 Å². The molecule has 0 atom stereocenters. The van der Waals surface area contributed by atoms with Gasteiger partial charge in [-0.05, 0) is 13.8 Å². The van der Waals surface area contributed by atoms with Crippen molar-refractivity contribution in [3.63, 3.8) is 0 Å². The van der Waals surface area contributed by atoms with Crippen molar-refractivity contribution >= 4 is 11.9 Å². The molecule has 0 aliphatic rings. The van der Waals surface area contributed by atoms with Crippen molar-refractivity contribution in [3.8, 4) is 0 Å². The lowest BCUT2D eigenvalue weighted by atomic mass is 10.3. The van der Waals surface area contributed by atoms with Crippen molar-refractivity contribution in [2.75, 3.05) is 7.11 Å². The van der Waals surface area contributed by atoms with Crippen LogP contribution in [0, 0.1) is 0 Å². The van der Waals surface area contributed by atoms with Crippen LogP contribution in [0.1, 0.15) is 13.8 Å². The van der Waals surface area contributed by atoms with Gasteiger partial charge in [0.15, 0.2) is 0 Å². The monoisotopic (exact) mass is 184 g/mol. The van der Waals surface area contributed by atoms with E-state index in [1.807, 2.05) is 0 Å². The van der Waals surface area contributed by atoms with Gasteiger partial charge in [0.2, 0.25) is 0 Å². The number of hydrogen-bond donors (Lipinski definition) is 0. The van der Waals surface area contributed by atoms with Crippen LogP contribution in [0.15, 0.2) is 24.0 Å². The van der Waals surface area contributed by atoms with E-state index in [1.165, 1.54) is 21.0 Å². The highest BCUT2D eigenvalue weighted by Crippen LogP contribution is 2.06. The van der Waals surface area contributed by atoms with Crippen LogP contribution in [-0.4, -0.2) is 19.0 Å². The molecule has 0 aliphatic carbocycles. The maximum Gasteiger partial charge on any atom is 0.336 e. The number of carbonyl (C=O) groups is 2. The second-order valence-electron chi connectivity index (χ2n) is 2.30. The van der Waals surface area contributed by atoms with E-state index >= 15 is 0 Å². The highest BCUT2D eigenvalue weighted by atomic mass is 16.5. The summed E-state index contributed by atoms with van der Waals surface area (Å²) in [7, 11) is 1.26. The van der Waals surface area contributed by atoms with Gasteiger partial charge in [-0.15, -0.1) is 0 Å². The van der Waals surface area contributed by atoms with Gasteiger partial charge in [-0.25, -0.2) is 9.59 Å². The summed E-state index contributed by atoms with van der Waals surface area (Å²) in [6, 6.07) is 0. The molecule has 0 aromatic heterocycles. The molecule has 4 nitrogen and oxygen atoms in total. The van der Waals surface area contributed by atoms with E-state index in [0.29, 0.717) is 0 Å². The van der Waals surface area contributed by atoms with Crippen LogP contribution in [0.25, 0.3) is 0 Å². The van der Waals surface area contributed by atoms with Crippen LogP contribution in [0.4, 0.5) is 0 Å². The number of allylic oxidation sites excluding steroid dienone is 1. The Morgan fingerprint density at radius 3 is 2.23 bits per heavy atom. The summed E-state index contributed by atoms with van der Waals surface area (Å²) >= 11 is 0. The van der Waals surface area contributed by atoms with Crippen molar-refractivity contribution in [3.05, 3.63) is 24.0 Å². The second kappa shape index (κ2) is 5.13. The minimum absolute atomic E-state index is 0.219. The van der Waals surface area contributed by atoms with Crippen LogP contribution in [-0.2, 0) is 19.1 Å². The predicted octanol–water partition coefficient (Wildman–Crippen LogP) is 1.18. The fourth-order valence-electron chi connectivity index (χ4n) is 0.566. The molecule has 4 heteroatoms. The maximum absolute atomic E-state index is 10.9. The summed E-state index contributed by atoms with van der Waals surface area (Å²) in [4.78, 5) is 21.6. The van der Waals surface area contributed by atoms with Gasteiger partial charge in [0.1, 0.15) is 5.76 Å². The molecular weight excluding hydrogens is 172 g/mol. The summed E-state index contributed by atoms with van der Waals surface area (Å²) in [5.41, 5.74) is 0.262. The number of ether oxygens (including phenoxy) is 2. The van der Waals surface area contributed by atoms with E-state index in [-0.39, 0.29) is 11.3 Å². The van der Waals surface area contributed by atoms with E-state index in [0.717, 1.165) is 6.08 Å². The van der Waals surface area contributed by atoms with Crippen molar-refractivity contribution in [2.24, 2.45) is 0 Å². The van der Waals surface area contributed by atoms with Crippen LogP contribution >= 0.6 is 0 Å². The van der Waals surface area contributed by atoms with Gasteiger partial charge < -0.3 is 9.47 Å². The van der Waals surface area contributed by atoms with Crippen molar-refractivity contribution in [2.45, 2.75) is 13.8 Å². The Labute approximate surface area is 76.8 Å². The van der Waals surface area contributed by atoms with Gasteiger partial charge in [0.25, 0.3) is 0 Å². The number of hydrogen-bond acceptors (Lipinski definition) is 4. The van der Waals surface area contributed by atoms with Gasteiger partial charge >= 0.3 is 11.9 Å². The Hall–Kier alpha value is -1.58. The zero-order chi connectivity index (χ0) is 10.4. The summed E-state index contributed by atoms with van der Waals surface area (Å²) in [6.07, 6.45) is 1.02. The molecule has 0 bridgehead atoms. The number of methoxy groups -OCH3 is 1. The lowest BCUT2D eigenvalue weighted by Crippen LogP contribution is -2.07. The summed E-state index contributed by atoms with van der Waals surface area (Å²) < 4.78 is 9.14. The van der Waals surface area contributed by atoms with Gasteiger partial charge in [-0.1, -0.05) is 6.58 Å². The van der Waals surface area contributed by atoms with E-state index in [1.54, 1.807) is 0 Å². The highest BCUT2D eigenvalue weighted by molar-refractivity contribution is 5.89. The Morgan fingerprint density at radius 2 is 1.85 bits per heavy atom. The quantitative estimate of drug-likeness (QED) is 0.375. The van der Waals surface area contributed by atoms with Crippen molar-refractivity contribution in [1.29, 1.82) is 0 Å². The number of rotatable bonds is 3. The van der Waals surface area contributed by atoms with Gasteiger partial charge in [0.05, 0.1) is 12.7 Å². The number of carbonyl (C=O) groups excluding carboxylic acids is 2. The van der Waals surface area contributed by atoms with E-state index in [9.17, 15) is 9.59 Å². The molecule has 0 aromatic rings. The zero-order valence-electron chi connectivity index (χ0n) is 7.92. The highest BCUT2D eigenvalue weighted by Gasteiger charge is 2.10. The molecule has 0 aromatic carbocycles. The average Bonchev–Trinajstić information content (AvgIpc) is 2.14. The lowest BCUT2D eigenvalue weighted by Gasteiger charge is -2.04. The molecule has 0 aliphatic heterocycles. The third kappa shape index (κ3) is 3.55. The van der Waals surface area contributed by atoms with Crippen molar-refractivity contribution < 1.29 is 19.1 Å². The third-order valence-corrected chi connectivity index (χ3v) is 1.44. The van der Waals surface area contributed by atoms with E-state index in [2.05, 4.69) is 11.3 Å². The largest absolute Gasteiger partial charge is 0.466 e. The van der Waals surface area contributed by atoms with Crippen LogP contribution in [0.5, 0.6) is 0 Å². The molecule has 72 valence electrons. The molecule has 0 saturated carbocycles. The molecule has 0 saturated heterocycles. The summed E-state index contributed by atoms with van der Waals surface area (Å²) in [5.74, 6) is -0.896. The smallest absolute Gasteiger partial charge is 0.336 e. The summed E-state index contributed by atoms with van der Waals surface area (Å²) in [5, 5.41) is 0. The van der Waals surface area contributed by atoms with Gasteiger partial charge in [0, 0.05) is 6.08 Å².